The summed E-state index contributed by atoms with van der Waals surface area (Å²) in [6, 6.07) is 4.15. The first-order valence-electron chi connectivity index (χ1n) is 6.72. The third-order valence-electron chi connectivity index (χ3n) is 3.13. The summed E-state index contributed by atoms with van der Waals surface area (Å²) in [6.45, 7) is 4.17. The van der Waals surface area contributed by atoms with Crippen molar-refractivity contribution >= 4 is 11.6 Å². The lowest BCUT2D eigenvalue weighted by Crippen LogP contribution is -2.17. The van der Waals surface area contributed by atoms with Gasteiger partial charge in [-0.05, 0) is 37.0 Å². The third-order valence-corrected chi connectivity index (χ3v) is 3.34. The fraction of sp³-hybridized carbons (Fsp3) is 0.500. The van der Waals surface area contributed by atoms with Crippen molar-refractivity contribution in [2.75, 3.05) is 0 Å². The van der Waals surface area contributed by atoms with Crippen LogP contribution >= 0.6 is 11.6 Å². The number of benzene rings is 1. The van der Waals surface area contributed by atoms with Crippen LogP contribution in [0.15, 0.2) is 18.2 Å². The molecule has 1 aromatic rings. The van der Waals surface area contributed by atoms with E-state index in [1.165, 1.54) is 12.1 Å². The smallest absolute Gasteiger partial charge is 0.125 e. The van der Waals surface area contributed by atoms with Gasteiger partial charge in [-0.3, -0.25) is 0 Å². The maximum absolute atomic E-state index is 13.1. The Morgan fingerprint density at radius 3 is 2.63 bits per heavy atom. The van der Waals surface area contributed by atoms with Crippen LogP contribution in [0.2, 0.25) is 5.02 Å². The van der Waals surface area contributed by atoms with Crippen LogP contribution in [0.5, 0.6) is 0 Å². The van der Waals surface area contributed by atoms with Crippen molar-refractivity contribution in [3.05, 3.63) is 34.6 Å². The fourth-order valence-corrected chi connectivity index (χ4v) is 2.17. The number of hydrogen-bond acceptors (Lipinski definition) is 1. The molecule has 104 valence electrons. The number of aliphatic hydroxyl groups excluding tert-OH is 1. The van der Waals surface area contributed by atoms with Crippen LogP contribution in [0, 0.1) is 23.6 Å². The van der Waals surface area contributed by atoms with Crippen molar-refractivity contribution in [2.45, 2.75) is 45.6 Å². The molecule has 0 fully saturated rings. The summed E-state index contributed by atoms with van der Waals surface area (Å²) in [5, 5.41) is 10.4. The number of halogens is 2. The summed E-state index contributed by atoms with van der Waals surface area (Å²) in [4.78, 5) is 0. The van der Waals surface area contributed by atoms with E-state index in [1.54, 1.807) is 6.07 Å². The van der Waals surface area contributed by atoms with E-state index in [9.17, 15) is 9.50 Å². The fourth-order valence-electron chi connectivity index (χ4n) is 1.95. The van der Waals surface area contributed by atoms with Gasteiger partial charge in [0.15, 0.2) is 0 Å². The Hall–Kier alpha value is -1.04. The largest absolute Gasteiger partial charge is 0.380 e. The lowest BCUT2D eigenvalue weighted by molar-refractivity contribution is 0.150. The van der Waals surface area contributed by atoms with Crippen molar-refractivity contribution in [1.82, 2.24) is 0 Å². The van der Waals surface area contributed by atoms with E-state index >= 15 is 0 Å². The van der Waals surface area contributed by atoms with Crippen LogP contribution < -0.4 is 0 Å². The molecular weight excluding hydrogens is 263 g/mol. The van der Waals surface area contributed by atoms with Gasteiger partial charge in [0, 0.05) is 10.6 Å². The molecule has 0 aliphatic heterocycles. The molecule has 0 bridgehead atoms. The van der Waals surface area contributed by atoms with Gasteiger partial charge in [0.1, 0.15) is 11.9 Å². The summed E-state index contributed by atoms with van der Waals surface area (Å²) in [6.07, 6.45) is 3.38. The lowest BCUT2D eigenvalue weighted by Gasteiger charge is -2.16. The van der Waals surface area contributed by atoms with E-state index in [1.807, 2.05) is 6.92 Å². The molecule has 1 rings (SSSR count). The predicted molar refractivity (Wildman–Crippen MR) is 77.6 cm³/mol. The van der Waals surface area contributed by atoms with Gasteiger partial charge in [0.2, 0.25) is 0 Å². The molecule has 0 spiro atoms. The molecule has 0 amide bonds. The monoisotopic (exact) mass is 282 g/mol. The van der Waals surface area contributed by atoms with Gasteiger partial charge >= 0.3 is 0 Å². The van der Waals surface area contributed by atoms with Crippen LogP contribution in [0.3, 0.4) is 0 Å². The first-order valence-corrected chi connectivity index (χ1v) is 7.10. The Balaban J connectivity index is 2.74. The van der Waals surface area contributed by atoms with Gasteiger partial charge in [-0.2, -0.15) is 0 Å². The van der Waals surface area contributed by atoms with Crippen LogP contribution in [0.25, 0.3) is 0 Å². The Morgan fingerprint density at radius 1 is 1.32 bits per heavy atom. The maximum Gasteiger partial charge on any atom is 0.125 e. The minimum atomic E-state index is -0.668. The van der Waals surface area contributed by atoms with Crippen LogP contribution in [-0.4, -0.2) is 11.2 Å². The predicted octanol–water partition coefficient (Wildman–Crippen LogP) is 4.41. The van der Waals surface area contributed by atoms with Crippen LogP contribution in [0.1, 0.15) is 45.1 Å². The zero-order valence-corrected chi connectivity index (χ0v) is 12.2. The summed E-state index contributed by atoms with van der Waals surface area (Å²) < 4.78 is 13.1. The average molecular weight is 283 g/mol. The first kappa shape index (κ1) is 16.0. The van der Waals surface area contributed by atoms with Crippen molar-refractivity contribution in [2.24, 2.45) is 5.92 Å². The second-order valence-corrected chi connectivity index (χ2v) is 5.12. The molecule has 0 radical (unpaired) electrons. The molecule has 1 aromatic carbocycles. The van der Waals surface area contributed by atoms with Gasteiger partial charge in [-0.1, -0.05) is 50.1 Å². The number of unbranched alkanes of at least 4 members (excludes halogenated alkanes) is 1. The van der Waals surface area contributed by atoms with Gasteiger partial charge in [-0.25, -0.2) is 4.39 Å². The van der Waals surface area contributed by atoms with Crippen LogP contribution in [-0.2, 0) is 0 Å². The molecule has 2 atom stereocenters. The minimum absolute atomic E-state index is 0.177. The number of hydrogen-bond donors (Lipinski definition) is 1. The van der Waals surface area contributed by atoms with Crippen molar-refractivity contribution in [3.63, 3.8) is 0 Å². The van der Waals surface area contributed by atoms with E-state index in [0.29, 0.717) is 10.6 Å². The summed E-state index contributed by atoms with van der Waals surface area (Å²) >= 11 is 5.75. The lowest BCUT2D eigenvalue weighted by atomic mass is 9.93. The summed E-state index contributed by atoms with van der Waals surface area (Å²) in [5.41, 5.74) is 0.495. The van der Waals surface area contributed by atoms with Crippen molar-refractivity contribution < 1.29 is 9.50 Å². The van der Waals surface area contributed by atoms with E-state index < -0.39 is 11.9 Å². The Labute approximate surface area is 119 Å². The normalized spacial score (nSPS) is 13.5. The minimum Gasteiger partial charge on any atom is -0.380 e. The topological polar surface area (TPSA) is 20.2 Å². The molecule has 0 aromatic heterocycles. The molecular formula is C16H20ClFO. The number of aliphatic hydroxyl groups is 1. The van der Waals surface area contributed by atoms with E-state index in [-0.39, 0.29) is 5.92 Å². The van der Waals surface area contributed by atoms with Gasteiger partial charge in [0.25, 0.3) is 0 Å². The molecule has 1 N–H and O–H groups in total. The van der Waals surface area contributed by atoms with E-state index in [2.05, 4.69) is 18.8 Å². The van der Waals surface area contributed by atoms with E-state index in [4.69, 9.17) is 11.6 Å². The highest BCUT2D eigenvalue weighted by Crippen LogP contribution is 2.17. The van der Waals surface area contributed by atoms with Gasteiger partial charge in [0.05, 0.1) is 0 Å². The first-order chi connectivity index (χ1) is 9.06. The average Bonchev–Trinajstić information content (AvgIpc) is 2.36. The summed E-state index contributed by atoms with van der Waals surface area (Å²) in [5.74, 6) is 5.35. The molecule has 0 saturated carbocycles. The van der Waals surface area contributed by atoms with Crippen LogP contribution in [0.4, 0.5) is 4.39 Å². The Morgan fingerprint density at radius 2 is 2.05 bits per heavy atom. The van der Waals surface area contributed by atoms with Crippen molar-refractivity contribution in [3.8, 4) is 11.8 Å². The second kappa shape index (κ2) is 8.19. The standard InChI is InChI=1S/C16H20ClFO/c1-3-5-6-13(4-2)16(19)8-7-12-9-14(17)11-15(18)10-12/h9-11,13,16,19H,3-6H2,1-2H3. The molecule has 3 heteroatoms. The summed E-state index contributed by atoms with van der Waals surface area (Å²) in [7, 11) is 0. The zero-order valence-electron chi connectivity index (χ0n) is 11.4. The Bertz CT molecular complexity index is 441. The van der Waals surface area contributed by atoms with Gasteiger partial charge in [-0.15, -0.1) is 0 Å². The molecule has 0 aliphatic rings. The number of rotatable bonds is 5. The molecule has 0 heterocycles. The third kappa shape index (κ3) is 5.63. The molecule has 0 aliphatic carbocycles. The highest BCUT2D eigenvalue weighted by molar-refractivity contribution is 6.30. The molecule has 19 heavy (non-hydrogen) atoms. The Kier molecular flexibility index (Phi) is 6.91. The SMILES string of the molecule is CCCCC(CC)C(O)C#Cc1cc(F)cc(Cl)c1. The maximum atomic E-state index is 13.1. The molecule has 2 unspecified atom stereocenters. The quantitative estimate of drug-likeness (QED) is 0.793. The molecule has 1 nitrogen and oxygen atoms in total. The zero-order chi connectivity index (χ0) is 14.3. The highest BCUT2D eigenvalue weighted by atomic mass is 35.5. The van der Waals surface area contributed by atoms with Crippen molar-refractivity contribution in [1.29, 1.82) is 0 Å². The van der Waals surface area contributed by atoms with E-state index in [0.717, 1.165) is 25.7 Å². The van der Waals surface area contributed by atoms with Gasteiger partial charge < -0.3 is 5.11 Å². The second-order valence-electron chi connectivity index (χ2n) is 4.68. The molecule has 0 saturated heterocycles. The highest BCUT2D eigenvalue weighted by Gasteiger charge is 2.14.